The maximum absolute atomic E-state index is 13.7. The molecule has 8 nitrogen and oxygen atoms in total. The molecule has 0 spiro atoms. The van der Waals surface area contributed by atoms with Crippen LogP contribution in [0.1, 0.15) is 24.5 Å². The van der Waals surface area contributed by atoms with Gasteiger partial charge in [0.25, 0.3) is 11.8 Å². The highest BCUT2D eigenvalue weighted by atomic mass is 19.1. The van der Waals surface area contributed by atoms with Gasteiger partial charge in [0, 0.05) is 5.56 Å². The maximum Gasteiger partial charge on any atom is 0.326 e. The third-order valence-corrected chi connectivity index (χ3v) is 4.07. The van der Waals surface area contributed by atoms with Crippen molar-refractivity contribution >= 4 is 11.9 Å². The molecule has 0 fully saturated rings. The van der Waals surface area contributed by atoms with Gasteiger partial charge >= 0.3 is 5.97 Å². The van der Waals surface area contributed by atoms with Gasteiger partial charge in [0.05, 0.1) is 0 Å². The number of amides is 1. The Labute approximate surface area is 172 Å². The summed E-state index contributed by atoms with van der Waals surface area (Å²) in [4.78, 5) is 27.9. The lowest BCUT2D eigenvalue weighted by atomic mass is 10.1. The van der Waals surface area contributed by atoms with Crippen LogP contribution in [0.25, 0.3) is 11.4 Å². The lowest BCUT2D eigenvalue weighted by Crippen LogP contribution is -2.34. The molecule has 0 aliphatic rings. The molecule has 1 unspecified atom stereocenters. The molecular formula is C21H20FN3O5. The van der Waals surface area contributed by atoms with Gasteiger partial charge in [0.2, 0.25) is 5.82 Å². The van der Waals surface area contributed by atoms with Gasteiger partial charge in [-0.2, -0.15) is 4.98 Å². The monoisotopic (exact) mass is 413 g/mol. The van der Waals surface area contributed by atoms with Gasteiger partial charge in [0.15, 0.2) is 12.7 Å². The van der Waals surface area contributed by atoms with E-state index < -0.39 is 18.0 Å². The van der Waals surface area contributed by atoms with Crippen molar-refractivity contribution < 1.29 is 28.0 Å². The molecule has 1 atom stereocenters. The number of carbonyl (C=O) groups is 2. The SMILES string of the molecule is Cc1ccc(-c2noc(C(C)OC(=O)CNC(=O)COc3ccccc3)n2)cc1F. The number of halogens is 1. The topological polar surface area (TPSA) is 104 Å². The van der Waals surface area contributed by atoms with E-state index in [2.05, 4.69) is 15.5 Å². The summed E-state index contributed by atoms with van der Waals surface area (Å²) in [6, 6.07) is 13.4. The van der Waals surface area contributed by atoms with Crippen LogP contribution in [0.2, 0.25) is 0 Å². The van der Waals surface area contributed by atoms with Crippen LogP contribution in [0.4, 0.5) is 4.39 Å². The standard InChI is InChI=1S/C21H20FN3O5/c1-13-8-9-15(10-17(13)22)20-24-21(30-25-20)14(2)29-19(27)11-23-18(26)12-28-16-6-4-3-5-7-16/h3-10,14H,11-12H2,1-2H3,(H,23,26). The summed E-state index contributed by atoms with van der Waals surface area (Å²) < 4.78 is 29.3. The molecule has 0 saturated heterocycles. The lowest BCUT2D eigenvalue weighted by Gasteiger charge is -2.10. The zero-order chi connectivity index (χ0) is 21.5. The number of aromatic nitrogens is 2. The van der Waals surface area contributed by atoms with E-state index in [0.29, 0.717) is 16.9 Å². The normalized spacial score (nSPS) is 11.6. The molecule has 1 aromatic heterocycles. The van der Waals surface area contributed by atoms with Crippen LogP contribution in [0.15, 0.2) is 53.1 Å². The Hall–Kier alpha value is -3.75. The summed E-state index contributed by atoms with van der Waals surface area (Å²) in [5.41, 5.74) is 0.943. The first-order valence-electron chi connectivity index (χ1n) is 9.16. The minimum atomic E-state index is -0.841. The van der Waals surface area contributed by atoms with Gasteiger partial charge in [-0.25, -0.2) is 4.39 Å². The summed E-state index contributed by atoms with van der Waals surface area (Å²) in [7, 11) is 0. The molecule has 0 aliphatic heterocycles. The van der Waals surface area contributed by atoms with Crippen molar-refractivity contribution in [2.24, 2.45) is 0 Å². The Morgan fingerprint density at radius 2 is 1.97 bits per heavy atom. The highest BCUT2D eigenvalue weighted by Crippen LogP contribution is 2.22. The molecule has 9 heteroatoms. The third kappa shape index (κ3) is 5.63. The molecule has 0 bridgehead atoms. The number of hydrogen-bond acceptors (Lipinski definition) is 7. The molecule has 1 N–H and O–H groups in total. The fraction of sp³-hybridized carbons (Fsp3) is 0.238. The summed E-state index contributed by atoms with van der Waals surface area (Å²) in [5.74, 6) is -0.757. The number of nitrogens with zero attached hydrogens (tertiary/aromatic N) is 2. The zero-order valence-electron chi connectivity index (χ0n) is 16.4. The Morgan fingerprint density at radius 1 is 1.20 bits per heavy atom. The van der Waals surface area contributed by atoms with Gasteiger partial charge in [-0.3, -0.25) is 9.59 Å². The molecule has 2 aromatic carbocycles. The first kappa shape index (κ1) is 21.0. The highest BCUT2D eigenvalue weighted by Gasteiger charge is 2.20. The predicted octanol–water partition coefficient (Wildman–Crippen LogP) is 2.98. The van der Waals surface area contributed by atoms with E-state index in [0.717, 1.165) is 0 Å². The van der Waals surface area contributed by atoms with E-state index in [1.807, 2.05) is 6.07 Å². The van der Waals surface area contributed by atoms with Crippen LogP contribution < -0.4 is 10.1 Å². The van der Waals surface area contributed by atoms with Gasteiger partial charge in [-0.15, -0.1) is 0 Å². The number of benzene rings is 2. The van der Waals surface area contributed by atoms with E-state index in [1.165, 1.54) is 6.07 Å². The molecule has 1 heterocycles. The summed E-state index contributed by atoms with van der Waals surface area (Å²) in [6.45, 7) is 2.62. The largest absolute Gasteiger partial charge is 0.484 e. The van der Waals surface area contributed by atoms with E-state index in [-0.39, 0.29) is 30.7 Å². The highest BCUT2D eigenvalue weighted by molar-refractivity contribution is 5.82. The summed E-state index contributed by atoms with van der Waals surface area (Å²) >= 11 is 0. The van der Waals surface area contributed by atoms with Crippen molar-refractivity contribution in [3.8, 4) is 17.1 Å². The average molecular weight is 413 g/mol. The van der Waals surface area contributed by atoms with Crippen LogP contribution in [0, 0.1) is 12.7 Å². The van der Waals surface area contributed by atoms with E-state index in [4.69, 9.17) is 14.0 Å². The number of para-hydroxylation sites is 1. The van der Waals surface area contributed by atoms with Crippen molar-refractivity contribution in [2.75, 3.05) is 13.2 Å². The Kier molecular flexibility index (Phi) is 6.74. The Morgan fingerprint density at radius 3 is 2.70 bits per heavy atom. The second-order valence-corrected chi connectivity index (χ2v) is 6.43. The average Bonchev–Trinajstić information content (AvgIpc) is 3.24. The second kappa shape index (κ2) is 9.64. The smallest absolute Gasteiger partial charge is 0.326 e. The van der Waals surface area contributed by atoms with Crippen molar-refractivity contribution in [1.29, 1.82) is 0 Å². The fourth-order valence-electron chi connectivity index (χ4n) is 2.43. The van der Waals surface area contributed by atoms with Gasteiger partial charge in [-0.05, 0) is 37.6 Å². The molecule has 0 aliphatic carbocycles. The van der Waals surface area contributed by atoms with Crippen molar-refractivity contribution in [2.45, 2.75) is 20.0 Å². The fourth-order valence-corrected chi connectivity index (χ4v) is 2.43. The Balaban J connectivity index is 1.46. The maximum atomic E-state index is 13.7. The minimum absolute atomic E-state index is 0.0538. The number of carbonyl (C=O) groups excluding carboxylic acids is 2. The molecule has 3 aromatic rings. The van der Waals surface area contributed by atoms with Crippen LogP contribution in [-0.2, 0) is 14.3 Å². The lowest BCUT2D eigenvalue weighted by molar-refractivity contribution is -0.149. The molecule has 156 valence electrons. The van der Waals surface area contributed by atoms with Crippen molar-refractivity contribution in [1.82, 2.24) is 15.5 Å². The van der Waals surface area contributed by atoms with Crippen LogP contribution in [0.5, 0.6) is 5.75 Å². The third-order valence-electron chi connectivity index (χ3n) is 4.07. The van der Waals surface area contributed by atoms with Crippen molar-refractivity contribution in [3.05, 3.63) is 65.8 Å². The molecule has 0 saturated carbocycles. The minimum Gasteiger partial charge on any atom is -0.484 e. The van der Waals surface area contributed by atoms with Crippen LogP contribution in [-0.4, -0.2) is 35.2 Å². The van der Waals surface area contributed by atoms with E-state index in [1.54, 1.807) is 50.2 Å². The molecule has 1 amide bonds. The second-order valence-electron chi connectivity index (χ2n) is 6.43. The van der Waals surface area contributed by atoms with E-state index >= 15 is 0 Å². The number of rotatable bonds is 8. The van der Waals surface area contributed by atoms with E-state index in [9.17, 15) is 14.0 Å². The number of aryl methyl sites for hydroxylation is 1. The molecule has 3 rings (SSSR count). The summed E-state index contributed by atoms with van der Waals surface area (Å²) in [5, 5.41) is 6.19. The zero-order valence-corrected chi connectivity index (χ0v) is 16.4. The molecular weight excluding hydrogens is 393 g/mol. The predicted molar refractivity (Wildman–Crippen MR) is 104 cm³/mol. The molecule has 30 heavy (non-hydrogen) atoms. The number of ether oxygens (including phenoxy) is 2. The van der Waals surface area contributed by atoms with Crippen molar-refractivity contribution in [3.63, 3.8) is 0 Å². The number of hydrogen-bond donors (Lipinski definition) is 1. The van der Waals surface area contributed by atoms with Gasteiger partial charge < -0.3 is 19.3 Å². The first-order valence-corrected chi connectivity index (χ1v) is 9.16. The van der Waals surface area contributed by atoms with Crippen LogP contribution >= 0.6 is 0 Å². The van der Waals surface area contributed by atoms with Crippen LogP contribution in [0.3, 0.4) is 0 Å². The molecule has 0 radical (unpaired) electrons. The quantitative estimate of drug-likeness (QED) is 0.566. The number of esters is 1. The van der Waals surface area contributed by atoms with Gasteiger partial charge in [-0.1, -0.05) is 35.5 Å². The Bertz CT molecular complexity index is 1020. The first-order chi connectivity index (χ1) is 14.4. The van der Waals surface area contributed by atoms with Gasteiger partial charge in [0.1, 0.15) is 18.1 Å². The number of nitrogens with one attached hydrogen (secondary N) is 1. The summed E-state index contributed by atoms with van der Waals surface area (Å²) in [6.07, 6.45) is -0.841.